The Morgan fingerprint density at radius 3 is 1.27 bits per heavy atom. The SMILES string of the molecule is c1cc(C23CC4CC(CC(C4)C2)C3)c(C23CC4CC(CC(C4)C2)C3)c(C23CC4CC(CC(C4)C2)C3)c1OCC1CO1. The summed E-state index contributed by atoms with van der Waals surface area (Å²) >= 11 is 0. The smallest absolute Gasteiger partial charge is 0.123 e. The van der Waals surface area contributed by atoms with E-state index in [9.17, 15) is 0 Å². The first-order valence-electron chi connectivity index (χ1n) is 18.4. The van der Waals surface area contributed by atoms with E-state index in [1.807, 2.05) is 16.7 Å². The molecule has 12 bridgehead atoms. The van der Waals surface area contributed by atoms with Crippen molar-refractivity contribution in [3.8, 4) is 5.75 Å². The minimum atomic E-state index is 0.338. The molecule has 12 aliphatic carbocycles. The molecule has 1 aromatic rings. The monoisotopic (exact) mass is 552 g/mol. The maximum atomic E-state index is 7.00. The number of hydrogen-bond donors (Lipinski definition) is 0. The third-order valence-corrected chi connectivity index (χ3v) is 15.7. The number of hydrogen-bond acceptors (Lipinski definition) is 2. The summed E-state index contributed by atoms with van der Waals surface area (Å²) in [7, 11) is 0. The maximum Gasteiger partial charge on any atom is 0.123 e. The Balaban J connectivity index is 1.16. The van der Waals surface area contributed by atoms with E-state index in [1.54, 1.807) is 38.5 Å². The van der Waals surface area contributed by atoms with Crippen molar-refractivity contribution < 1.29 is 9.47 Å². The van der Waals surface area contributed by atoms with Crippen LogP contribution in [0.2, 0.25) is 0 Å². The van der Waals surface area contributed by atoms with Gasteiger partial charge in [0.05, 0.1) is 6.61 Å². The van der Waals surface area contributed by atoms with Crippen molar-refractivity contribution in [3.05, 3.63) is 28.8 Å². The van der Waals surface area contributed by atoms with E-state index in [0.717, 1.165) is 66.5 Å². The summed E-state index contributed by atoms with van der Waals surface area (Å²) in [6.07, 6.45) is 27.7. The highest BCUT2D eigenvalue weighted by atomic mass is 16.6. The van der Waals surface area contributed by atoms with Crippen molar-refractivity contribution in [1.82, 2.24) is 0 Å². The van der Waals surface area contributed by atoms with Crippen LogP contribution in [0.3, 0.4) is 0 Å². The van der Waals surface area contributed by atoms with Gasteiger partial charge in [0.1, 0.15) is 18.5 Å². The lowest BCUT2D eigenvalue weighted by Crippen LogP contribution is -2.55. The minimum Gasteiger partial charge on any atom is -0.490 e. The third-order valence-electron chi connectivity index (χ3n) is 15.7. The molecule has 12 saturated carbocycles. The van der Waals surface area contributed by atoms with Crippen molar-refractivity contribution >= 4 is 0 Å². The fraction of sp³-hybridized carbons (Fsp3) is 0.846. The molecule has 1 heterocycles. The van der Waals surface area contributed by atoms with Crippen LogP contribution in [0.5, 0.6) is 5.75 Å². The summed E-state index contributed by atoms with van der Waals surface area (Å²) in [5, 5.41) is 0. The summed E-state index contributed by atoms with van der Waals surface area (Å²) in [5.74, 6) is 10.3. The van der Waals surface area contributed by atoms with Crippen molar-refractivity contribution in [1.29, 1.82) is 0 Å². The standard InChI is InChI=1S/C39H52O2/c1-2-34(41-22-32-21-40-32)36(39-18-29-9-30(19-39)11-31(10-29)20-39)35(38-15-26-6-27(16-38)8-28(7-26)17-38)33(1)37-12-23-3-24(13-37)5-25(4-23)14-37/h1-2,23-32H,3-22H2. The first-order chi connectivity index (χ1) is 20.0. The largest absolute Gasteiger partial charge is 0.490 e. The molecule has 0 spiro atoms. The van der Waals surface area contributed by atoms with Gasteiger partial charge >= 0.3 is 0 Å². The molecule has 2 nitrogen and oxygen atoms in total. The Labute approximate surface area is 248 Å². The van der Waals surface area contributed by atoms with Crippen LogP contribution >= 0.6 is 0 Å². The van der Waals surface area contributed by atoms with Crippen LogP contribution in [-0.2, 0) is 21.0 Å². The Kier molecular flexibility index (Phi) is 4.84. The van der Waals surface area contributed by atoms with Gasteiger partial charge in [0.25, 0.3) is 0 Å². The fourth-order valence-corrected chi connectivity index (χ4v) is 15.8. The van der Waals surface area contributed by atoms with E-state index in [2.05, 4.69) is 12.1 Å². The minimum absolute atomic E-state index is 0.338. The maximum absolute atomic E-state index is 7.00. The van der Waals surface area contributed by atoms with E-state index in [-0.39, 0.29) is 0 Å². The average molecular weight is 553 g/mol. The molecule has 1 aromatic carbocycles. The van der Waals surface area contributed by atoms with Crippen molar-refractivity contribution in [2.45, 2.75) is 138 Å². The molecule has 1 unspecified atom stereocenters. The van der Waals surface area contributed by atoms with Gasteiger partial charge in [-0.3, -0.25) is 0 Å². The number of rotatable bonds is 6. The molecule has 2 heteroatoms. The summed E-state index contributed by atoms with van der Waals surface area (Å²) in [6, 6.07) is 5.29. The molecule has 41 heavy (non-hydrogen) atoms. The molecule has 1 saturated heterocycles. The number of ether oxygens (including phenoxy) is 2. The zero-order chi connectivity index (χ0) is 26.6. The molecule has 0 N–H and O–H groups in total. The predicted octanol–water partition coefficient (Wildman–Crippen LogP) is 8.87. The first kappa shape index (κ1) is 24.3. The van der Waals surface area contributed by atoms with Crippen LogP contribution in [0.15, 0.2) is 12.1 Å². The Morgan fingerprint density at radius 1 is 0.512 bits per heavy atom. The third kappa shape index (κ3) is 3.52. The second-order valence-corrected chi connectivity index (χ2v) is 18.7. The molecule has 0 aromatic heterocycles. The summed E-state index contributed by atoms with van der Waals surface area (Å²) in [6.45, 7) is 1.68. The molecule has 14 rings (SSSR count). The molecular formula is C39H52O2. The Hall–Kier alpha value is -1.02. The lowest BCUT2D eigenvalue weighted by Gasteiger charge is -2.63. The summed E-state index contributed by atoms with van der Waals surface area (Å²) in [4.78, 5) is 0. The fourth-order valence-electron chi connectivity index (χ4n) is 15.8. The normalized spacial score (nSPS) is 54.7. The van der Waals surface area contributed by atoms with E-state index < -0.39 is 0 Å². The van der Waals surface area contributed by atoms with Gasteiger partial charge in [0.2, 0.25) is 0 Å². The first-order valence-corrected chi connectivity index (χ1v) is 18.4. The second-order valence-electron chi connectivity index (χ2n) is 18.7. The lowest BCUT2D eigenvalue weighted by molar-refractivity contribution is -0.0251. The van der Waals surface area contributed by atoms with Gasteiger partial charge in [-0.15, -0.1) is 0 Å². The van der Waals surface area contributed by atoms with Gasteiger partial charge in [0.15, 0.2) is 0 Å². The molecule has 0 amide bonds. The van der Waals surface area contributed by atoms with Crippen molar-refractivity contribution in [2.24, 2.45) is 53.3 Å². The topological polar surface area (TPSA) is 21.8 Å². The van der Waals surface area contributed by atoms with E-state index >= 15 is 0 Å². The van der Waals surface area contributed by atoms with Gasteiger partial charge in [-0.1, -0.05) is 6.07 Å². The van der Waals surface area contributed by atoms with Gasteiger partial charge in [-0.25, -0.2) is 0 Å². The second kappa shape index (κ2) is 8.17. The van der Waals surface area contributed by atoms with Crippen LogP contribution < -0.4 is 4.74 Å². The predicted molar refractivity (Wildman–Crippen MR) is 161 cm³/mol. The van der Waals surface area contributed by atoms with Crippen LogP contribution in [0.1, 0.15) is 132 Å². The van der Waals surface area contributed by atoms with Gasteiger partial charge in [-0.2, -0.15) is 0 Å². The zero-order valence-electron chi connectivity index (χ0n) is 25.4. The number of epoxide rings is 1. The molecule has 220 valence electrons. The van der Waals surface area contributed by atoms with E-state index in [4.69, 9.17) is 9.47 Å². The van der Waals surface area contributed by atoms with Crippen molar-refractivity contribution in [2.75, 3.05) is 13.2 Å². The number of benzene rings is 1. The van der Waals surface area contributed by atoms with Crippen LogP contribution in [-0.4, -0.2) is 19.3 Å². The van der Waals surface area contributed by atoms with E-state index in [0.29, 0.717) is 22.3 Å². The van der Waals surface area contributed by atoms with E-state index in [1.165, 1.54) is 82.8 Å². The van der Waals surface area contributed by atoms with Gasteiger partial charge in [0, 0.05) is 11.0 Å². The Morgan fingerprint density at radius 2 is 0.878 bits per heavy atom. The van der Waals surface area contributed by atoms with Crippen LogP contribution in [0.4, 0.5) is 0 Å². The van der Waals surface area contributed by atoms with Crippen LogP contribution in [0.25, 0.3) is 0 Å². The molecule has 1 aliphatic heterocycles. The molecular weight excluding hydrogens is 500 g/mol. The highest BCUT2D eigenvalue weighted by molar-refractivity contribution is 5.57. The van der Waals surface area contributed by atoms with Gasteiger partial charge < -0.3 is 9.47 Å². The zero-order valence-corrected chi connectivity index (χ0v) is 25.4. The molecule has 13 aliphatic rings. The molecule has 0 radical (unpaired) electrons. The molecule has 1 atom stereocenters. The quantitative estimate of drug-likeness (QED) is 0.329. The van der Waals surface area contributed by atoms with Crippen molar-refractivity contribution in [3.63, 3.8) is 0 Å². The average Bonchev–Trinajstić information content (AvgIpc) is 3.74. The summed E-state index contributed by atoms with van der Waals surface area (Å²) in [5.41, 5.74) is 7.05. The van der Waals surface area contributed by atoms with Crippen LogP contribution in [0, 0.1) is 53.3 Å². The summed E-state index contributed by atoms with van der Waals surface area (Å²) < 4.78 is 12.7. The van der Waals surface area contributed by atoms with Gasteiger partial charge in [-0.05, 0) is 197 Å². The molecule has 13 fully saturated rings. The highest BCUT2D eigenvalue weighted by Crippen LogP contribution is 2.70. The lowest BCUT2D eigenvalue weighted by atomic mass is 9.41. The Bertz CT molecular complexity index is 1160. The highest BCUT2D eigenvalue weighted by Gasteiger charge is 2.60.